The maximum absolute atomic E-state index is 13.9. The summed E-state index contributed by atoms with van der Waals surface area (Å²) in [6, 6.07) is 7.69. The summed E-state index contributed by atoms with van der Waals surface area (Å²) in [5, 5.41) is 4.18. The molecule has 3 rings (SSSR count). The molecule has 0 fully saturated rings. The standard InChI is InChI=1S/C17H14FN3O3/c1-11-13(10-20-21(11)12-6-8-19-9-7-12)17(22)24-16-14(18)4-3-5-15(16)23-2/h3-10H,1-2H3. The van der Waals surface area contributed by atoms with E-state index < -0.39 is 11.8 Å². The normalized spacial score (nSPS) is 10.5. The van der Waals surface area contributed by atoms with Crippen LogP contribution in [0, 0.1) is 12.7 Å². The second-order valence-corrected chi connectivity index (χ2v) is 4.92. The number of pyridine rings is 1. The monoisotopic (exact) mass is 327 g/mol. The minimum atomic E-state index is -0.712. The van der Waals surface area contributed by atoms with Crippen LogP contribution in [0.5, 0.6) is 11.5 Å². The number of para-hydroxylation sites is 1. The van der Waals surface area contributed by atoms with Crippen molar-refractivity contribution in [1.82, 2.24) is 14.8 Å². The van der Waals surface area contributed by atoms with Crippen molar-refractivity contribution in [2.75, 3.05) is 7.11 Å². The summed E-state index contributed by atoms with van der Waals surface area (Å²) in [5.74, 6) is -1.50. The number of methoxy groups -OCH3 is 1. The minimum Gasteiger partial charge on any atom is -0.493 e. The van der Waals surface area contributed by atoms with Gasteiger partial charge in [0.25, 0.3) is 0 Å². The maximum atomic E-state index is 13.9. The highest BCUT2D eigenvalue weighted by Gasteiger charge is 2.21. The molecular weight excluding hydrogens is 313 g/mol. The van der Waals surface area contributed by atoms with E-state index in [0.29, 0.717) is 5.69 Å². The lowest BCUT2D eigenvalue weighted by Gasteiger charge is -2.10. The van der Waals surface area contributed by atoms with Gasteiger partial charge in [-0.2, -0.15) is 5.10 Å². The molecule has 2 aromatic heterocycles. The van der Waals surface area contributed by atoms with E-state index in [4.69, 9.17) is 9.47 Å². The Labute approximate surface area is 137 Å². The van der Waals surface area contributed by atoms with Crippen LogP contribution in [0.15, 0.2) is 48.9 Å². The zero-order valence-corrected chi connectivity index (χ0v) is 13.1. The van der Waals surface area contributed by atoms with Crippen LogP contribution in [0.25, 0.3) is 5.69 Å². The highest BCUT2D eigenvalue weighted by atomic mass is 19.1. The van der Waals surface area contributed by atoms with Gasteiger partial charge in [-0.1, -0.05) is 6.07 Å². The van der Waals surface area contributed by atoms with Gasteiger partial charge in [0.15, 0.2) is 11.6 Å². The van der Waals surface area contributed by atoms with Crippen LogP contribution in [-0.2, 0) is 0 Å². The Kier molecular flexibility index (Phi) is 4.24. The summed E-state index contributed by atoms with van der Waals surface area (Å²) >= 11 is 0. The van der Waals surface area contributed by atoms with Crippen LogP contribution in [0.4, 0.5) is 4.39 Å². The predicted octanol–water partition coefficient (Wildman–Crippen LogP) is 2.94. The molecular formula is C17H14FN3O3. The molecule has 24 heavy (non-hydrogen) atoms. The summed E-state index contributed by atoms with van der Waals surface area (Å²) in [7, 11) is 1.37. The van der Waals surface area contributed by atoms with E-state index in [1.807, 2.05) is 0 Å². The van der Waals surface area contributed by atoms with Gasteiger partial charge in [-0.05, 0) is 31.2 Å². The fourth-order valence-corrected chi connectivity index (χ4v) is 2.25. The molecule has 122 valence electrons. The number of halogens is 1. The summed E-state index contributed by atoms with van der Waals surface area (Å²) in [6.45, 7) is 1.72. The number of esters is 1. The van der Waals surface area contributed by atoms with Crippen LogP contribution in [0.3, 0.4) is 0 Å². The Morgan fingerprint density at radius 3 is 2.67 bits per heavy atom. The molecule has 0 atom stereocenters. The Balaban J connectivity index is 1.91. The number of ether oxygens (including phenoxy) is 2. The first-order chi connectivity index (χ1) is 11.6. The van der Waals surface area contributed by atoms with Crippen LogP contribution >= 0.6 is 0 Å². The van der Waals surface area contributed by atoms with Crippen molar-refractivity contribution in [3.05, 3.63) is 66.0 Å². The highest BCUT2D eigenvalue weighted by Crippen LogP contribution is 2.30. The minimum absolute atomic E-state index is 0.141. The smallest absolute Gasteiger partial charge is 0.347 e. The van der Waals surface area contributed by atoms with E-state index in [1.165, 1.54) is 31.5 Å². The summed E-state index contributed by atoms with van der Waals surface area (Å²) in [4.78, 5) is 16.3. The quantitative estimate of drug-likeness (QED) is 0.544. The number of nitrogens with zero attached hydrogens (tertiary/aromatic N) is 3. The number of carbonyl (C=O) groups is 1. The molecule has 0 spiro atoms. The van der Waals surface area contributed by atoms with Crippen molar-refractivity contribution < 1.29 is 18.7 Å². The first-order valence-corrected chi connectivity index (χ1v) is 7.11. The van der Waals surface area contributed by atoms with Gasteiger partial charge >= 0.3 is 5.97 Å². The topological polar surface area (TPSA) is 66.2 Å². The van der Waals surface area contributed by atoms with Gasteiger partial charge < -0.3 is 9.47 Å². The maximum Gasteiger partial charge on any atom is 0.347 e. The van der Waals surface area contributed by atoms with E-state index in [-0.39, 0.29) is 17.1 Å². The fourth-order valence-electron chi connectivity index (χ4n) is 2.25. The van der Waals surface area contributed by atoms with Crippen LogP contribution in [-0.4, -0.2) is 27.8 Å². The molecule has 0 N–H and O–H groups in total. The van der Waals surface area contributed by atoms with Gasteiger partial charge in [-0.15, -0.1) is 0 Å². The number of aromatic nitrogens is 3. The summed E-state index contributed by atoms with van der Waals surface area (Å²) in [6.07, 6.45) is 4.63. The van der Waals surface area contributed by atoms with Crippen LogP contribution < -0.4 is 9.47 Å². The molecule has 0 amide bonds. The van der Waals surface area contributed by atoms with Crippen molar-refractivity contribution in [1.29, 1.82) is 0 Å². The van der Waals surface area contributed by atoms with Gasteiger partial charge in [-0.25, -0.2) is 13.9 Å². The van der Waals surface area contributed by atoms with Gasteiger partial charge in [-0.3, -0.25) is 4.98 Å². The van der Waals surface area contributed by atoms with Crippen molar-refractivity contribution >= 4 is 5.97 Å². The van der Waals surface area contributed by atoms with E-state index in [1.54, 1.807) is 36.1 Å². The molecule has 0 aliphatic rings. The third-order valence-corrected chi connectivity index (χ3v) is 3.48. The number of benzene rings is 1. The highest BCUT2D eigenvalue weighted by molar-refractivity contribution is 5.92. The van der Waals surface area contributed by atoms with Crippen LogP contribution in [0.2, 0.25) is 0 Å². The lowest BCUT2D eigenvalue weighted by atomic mass is 10.2. The third kappa shape index (κ3) is 2.83. The molecule has 0 saturated heterocycles. The lowest BCUT2D eigenvalue weighted by molar-refractivity contribution is 0.0721. The fraction of sp³-hybridized carbons (Fsp3) is 0.118. The van der Waals surface area contributed by atoms with E-state index in [9.17, 15) is 9.18 Å². The number of hydrogen-bond donors (Lipinski definition) is 0. The van der Waals surface area contributed by atoms with E-state index in [0.717, 1.165) is 5.69 Å². The van der Waals surface area contributed by atoms with Crippen LogP contribution in [0.1, 0.15) is 16.1 Å². The molecule has 0 saturated carbocycles. The Morgan fingerprint density at radius 2 is 1.96 bits per heavy atom. The Hall–Kier alpha value is -3.22. The molecule has 7 heteroatoms. The van der Waals surface area contributed by atoms with Gasteiger partial charge in [0.2, 0.25) is 5.75 Å². The van der Waals surface area contributed by atoms with E-state index in [2.05, 4.69) is 10.1 Å². The molecule has 6 nitrogen and oxygen atoms in total. The van der Waals surface area contributed by atoms with Gasteiger partial charge in [0.1, 0.15) is 5.56 Å². The lowest BCUT2D eigenvalue weighted by Crippen LogP contribution is -2.12. The molecule has 3 aromatic rings. The third-order valence-electron chi connectivity index (χ3n) is 3.48. The van der Waals surface area contributed by atoms with Crippen molar-refractivity contribution in [2.45, 2.75) is 6.92 Å². The largest absolute Gasteiger partial charge is 0.493 e. The summed E-state index contributed by atoms with van der Waals surface area (Å²) < 4.78 is 25.7. The van der Waals surface area contributed by atoms with Crippen molar-refractivity contribution in [3.63, 3.8) is 0 Å². The van der Waals surface area contributed by atoms with Gasteiger partial charge in [0.05, 0.1) is 24.7 Å². The average Bonchev–Trinajstić information content (AvgIpc) is 2.99. The molecule has 2 heterocycles. The molecule has 0 aliphatic heterocycles. The second-order valence-electron chi connectivity index (χ2n) is 4.92. The average molecular weight is 327 g/mol. The Bertz CT molecular complexity index is 878. The molecule has 0 bridgehead atoms. The van der Waals surface area contributed by atoms with E-state index >= 15 is 0 Å². The summed E-state index contributed by atoms with van der Waals surface area (Å²) in [5.41, 5.74) is 1.56. The van der Waals surface area contributed by atoms with Crippen molar-refractivity contribution in [2.24, 2.45) is 0 Å². The molecule has 0 aliphatic carbocycles. The SMILES string of the molecule is COc1cccc(F)c1OC(=O)c1cnn(-c2ccncc2)c1C. The molecule has 0 unspecified atom stereocenters. The number of carbonyl (C=O) groups excluding carboxylic acids is 1. The Morgan fingerprint density at radius 1 is 1.21 bits per heavy atom. The first-order valence-electron chi connectivity index (χ1n) is 7.11. The van der Waals surface area contributed by atoms with Gasteiger partial charge in [0, 0.05) is 12.4 Å². The van der Waals surface area contributed by atoms with Crippen molar-refractivity contribution in [3.8, 4) is 17.2 Å². The molecule has 0 radical (unpaired) electrons. The number of hydrogen-bond acceptors (Lipinski definition) is 5. The number of rotatable bonds is 4. The zero-order valence-electron chi connectivity index (χ0n) is 13.1. The second kappa shape index (κ2) is 6.49. The zero-order chi connectivity index (χ0) is 17.1. The molecule has 1 aromatic carbocycles. The first kappa shape index (κ1) is 15.7. The predicted molar refractivity (Wildman–Crippen MR) is 84.0 cm³/mol.